The number of likely N-dealkylation sites (N-methyl/N-ethyl adjacent to an activating group) is 1. The Morgan fingerprint density at radius 1 is 0.648 bits per heavy atom. The number of nitrogens with one attached hydrogen (secondary N) is 1. The Kier molecular flexibility index (Phi) is 35.6. The Bertz CT molecular complexity index is 1060. The number of carbonyl (C=O) groups excluding carboxylic acids is 1. The first-order valence-corrected chi connectivity index (χ1v) is 23.1. The third-order valence-electron chi connectivity index (χ3n) is 9.16. The molecule has 1 amide bonds. The number of carbonyl (C=O) groups is 1. The second kappa shape index (κ2) is 36.8. The molecule has 0 heterocycles. The molecule has 0 saturated carbocycles. The highest BCUT2D eigenvalue weighted by Gasteiger charge is 2.23. The lowest BCUT2D eigenvalue weighted by Crippen LogP contribution is -2.45. The normalized spacial score (nSPS) is 15.0. The average Bonchev–Trinajstić information content (AvgIpc) is 3.12. The van der Waals surface area contributed by atoms with Gasteiger partial charge >= 0.3 is 0 Å². The quantitative estimate of drug-likeness (QED) is 0.0280. The molecule has 0 aromatic rings. The molecular formula is C45H83N2O6P. The van der Waals surface area contributed by atoms with E-state index in [0.29, 0.717) is 17.4 Å². The van der Waals surface area contributed by atoms with E-state index in [1.54, 1.807) is 6.08 Å². The summed E-state index contributed by atoms with van der Waals surface area (Å²) in [6.45, 7) is 4.51. The maximum Gasteiger partial charge on any atom is 0.268 e. The van der Waals surface area contributed by atoms with Crippen LogP contribution in [0.25, 0.3) is 0 Å². The minimum absolute atomic E-state index is 0.0143. The number of amides is 1. The summed E-state index contributed by atoms with van der Waals surface area (Å²) in [5.41, 5.74) is 0. The SMILES string of the molecule is CCC/C=C\C/C=C\CCCCCCCC(=O)NC(COP(=O)([O-])OCC[N+](C)(C)C)C(O)/C=C/CC/C=C/CC/C=C/CCCCCCCCCCC. The van der Waals surface area contributed by atoms with Gasteiger partial charge in [0.2, 0.25) is 5.91 Å². The van der Waals surface area contributed by atoms with Crippen molar-refractivity contribution in [3.8, 4) is 0 Å². The standard InChI is InChI=1S/C45H83N2O6P/c1-6-8-10-12-14-16-18-20-21-22-23-24-25-27-28-30-32-34-36-38-44(48)43(42-53-54(50,51)52-41-40-47(3,4)5)46-45(49)39-37-35-33-31-29-26-19-17-15-13-11-9-7-2/h11,13,17,19,23-24,28,30,36,38,43-44,48H,6-10,12,14-16,18,20-22,25-27,29,31-35,37,39-42H2,1-5H3,(H-,46,49,50,51)/b13-11-,19-17-,24-23+,30-28+,38-36+. The number of aliphatic hydroxyl groups is 1. The van der Waals surface area contributed by atoms with Crippen LogP contribution in [0.15, 0.2) is 60.8 Å². The lowest BCUT2D eigenvalue weighted by atomic mass is 10.1. The Morgan fingerprint density at radius 2 is 1.13 bits per heavy atom. The van der Waals surface area contributed by atoms with Gasteiger partial charge in [0.25, 0.3) is 7.82 Å². The number of aliphatic hydroxyl groups excluding tert-OH is 1. The monoisotopic (exact) mass is 779 g/mol. The summed E-state index contributed by atoms with van der Waals surface area (Å²) in [7, 11) is 1.21. The van der Waals surface area contributed by atoms with E-state index in [0.717, 1.165) is 77.0 Å². The highest BCUT2D eigenvalue weighted by molar-refractivity contribution is 7.45. The molecule has 0 radical (unpaired) electrons. The van der Waals surface area contributed by atoms with Crippen LogP contribution in [-0.4, -0.2) is 68.5 Å². The first kappa shape index (κ1) is 52.2. The molecule has 0 aliphatic heterocycles. The molecule has 0 saturated heterocycles. The number of allylic oxidation sites excluding steroid dienone is 9. The summed E-state index contributed by atoms with van der Waals surface area (Å²) < 4.78 is 23.1. The number of quaternary nitrogens is 1. The zero-order chi connectivity index (χ0) is 40.0. The predicted molar refractivity (Wildman–Crippen MR) is 228 cm³/mol. The van der Waals surface area contributed by atoms with Crippen LogP contribution in [0.1, 0.15) is 168 Å². The third kappa shape index (κ3) is 38.5. The molecule has 54 heavy (non-hydrogen) atoms. The Balaban J connectivity index is 4.55. The van der Waals surface area contributed by atoms with Crippen molar-refractivity contribution in [1.82, 2.24) is 5.32 Å². The molecular weight excluding hydrogens is 695 g/mol. The Morgan fingerprint density at radius 3 is 1.69 bits per heavy atom. The Labute approximate surface area is 332 Å². The van der Waals surface area contributed by atoms with Gasteiger partial charge in [-0.15, -0.1) is 0 Å². The molecule has 0 aliphatic rings. The smallest absolute Gasteiger partial charge is 0.268 e. The van der Waals surface area contributed by atoms with Gasteiger partial charge in [0, 0.05) is 6.42 Å². The van der Waals surface area contributed by atoms with E-state index >= 15 is 0 Å². The van der Waals surface area contributed by atoms with Crippen molar-refractivity contribution in [1.29, 1.82) is 0 Å². The molecule has 9 heteroatoms. The summed E-state index contributed by atoms with van der Waals surface area (Å²) >= 11 is 0. The highest BCUT2D eigenvalue weighted by atomic mass is 31.2. The minimum Gasteiger partial charge on any atom is -0.756 e. The molecule has 314 valence electrons. The number of rotatable bonds is 38. The fraction of sp³-hybridized carbons (Fsp3) is 0.756. The third-order valence-corrected chi connectivity index (χ3v) is 10.1. The van der Waals surface area contributed by atoms with Crippen LogP contribution < -0.4 is 10.2 Å². The first-order valence-electron chi connectivity index (χ1n) is 21.7. The van der Waals surface area contributed by atoms with Crippen LogP contribution in [0.4, 0.5) is 0 Å². The number of unbranched alkanes of at least 4 members (excludes halogenated alkanes) is 17. The summed E-state index contributed by atoms with van der Waals surface area (Å²) in [6.07, 6.45) is 47.0. The van der Waals surface area contributed by atoms with Crippen molar-refractivity contribution in [3.05, 3.63) is 60.8 Å². The van der Waals surface area contributed by atoms with Gasteiger partial charge in [-0.1, -0.05) is 152 Å². The van der Waals surface area contributed by atoms with Crippen molar-refractivity contribution >= 4 is 13.7 Å². The van der Waals surface area contributed by atoms with Gasteiger partial charge in [-0.3, -0.25) is 9.36 Å². The topological polar surface area (TPSA) is 108 Å². The van der Waals surface area contributed by atoms with E-state index in [-0.39, 0.29) is 12.5 Å². The van der Waals surface area contributed by atoms with Gasteiger partial charge in [0.05, 0.1) is 39.9 Å². The number of phosphoric ester groups is 1. The van der Waals surface area contributed by atoms with Crippen molar-refractivity contribution in [2.75, 3.05) is 40.9 Å². The molecule has 0 aromatic heterocycles. The molecule has 2 N–H and O–H groups in total. The van der Waals surface area contributed by atoms with Crippen LogP contribution in [0.2, 0.25) is 0 Å². The van der Waals surface area contributed by atoms with E-state index in [9.17, 15) is 19.4 Å². The zero-order valence-corrected chi connectivity index (χ0v) is 36.3. The molecule has 0 spiro atoms. The van der Waals surface area contributed by atoms with Crippen LogP contribution in [0.5, 0.6) is 0 Å². The molecule has 0 fully saturated rings. The number of phosphoric acid groups is 1. The number of nitrogens with zero attached hydrogens (tertiary/aromatic N) is 1. The average molecular weight is 779 g/mol. The Hall–Kier alpha value is -1.80. The molecule has 8 nitrogen and oxygen atoms in total. The lowest BCUT2D eigenvalue weighted by Gasteiger charge is -2.29. The van der Waals surface area contributed by atoms with Gasteiger partial charge in [-0.2, -0.15) is 0 Å². The molecule has 0 bridgehead atoms. The molecule has 0 aliphatic carbocycles. The molecule has 3 unspecified atom stereocenters. The fourth-order valence-electron chi connectivity index (χ4n) is 5.69. The maximum atomic E-state index is 12.8. The van der Waals surface area contributed by atoms with E-state index < -0.39 is 26.6 Å². The van der Waals surface area contributed by atoms with E-state index in [2.05, 4.69) is 67.8 Å². The summed E-state index contributed by atoms with van der Waals surface area (Å²) in [6, 6.07) is -0.917. The fourth-order valence-corrected chi connectivity index (χ4v) is 6.41. The van der Waals surface area contributed by atoms with E-state index in [1.807, 2.05) is 27.2 Å². The van der Waals surface area contributed by atoms with Gasteiger partial charge in [-0.25, -0.2) is 0 Å². The summed E-state index contributed by atoms with van der Waals surface area (Å²) in [5.74, 6) is -0.230. The molecule has 0 aromatic carbocycles. The maximum absolute atomic E-state index is 12.8. The number of hydrogen-bond acceptors (Lipinski definition) is 6. The molecule has 3 atom stereocenters. The predicted octanol–water partition coefficient (Wildman–Crippen LogP) is 11.2. The first-order chi connectivity index (χ1) is 26.0. The van der Waals surface area contributed by atoms with Crippen molar-refractivity contribution in [2.24, 2.45) is 0 Å². The van der Waals surface area contributed by atoms with Crippen molar-refractivity contribution in [2.45, 2.75) is 180 Å². The summed E-state index contributed by atoms with van der Waals surface area (Å²) in [5, 5.41) is 13.7. The van der Waals surface area contributed by atoms with Crippen molar-refractivity contribution in [3.63, 3.8) is 0 Å². The second-order valence-corrected chi connectivity index (χ2v) is 17.1. The van der Waals surface area contributed by atoms with Gasteiger partial charge < -0.3 is 28.8 Å². The second-order valence-electron chi connectivity index (χ2n) is 15.7. The van der Waals surface area contributed by atoms with E-state index in [4.69, 9.17) is 9.05 Å². The lowest BCUT2D eigenvalue weighted by molar-refractivity contribution is -0.870. The van der Waals surface area contributed by atoms with Crippen LogP contribution >= 0.6 is 7.82 Å². The van der Waals surface area contributed by atoms with Gasteiger partial charge in [0.1, 0.15) is 13.2 Å². The zero-order valence-electron chi connectivity index (χ0n) is 35.4. The minimum atomic E-state index is -4.60. The summed E-state index contributed by atoms with van der Waals surface area (Å²) in [4.78, 5) is 25.2. The molecule has 0 rings (SSSR count). The van der Waals surface area contributed by atoms with Crippen LogP contribution in [0.3, 0.4) is 0 Å². The van der Waals surface area contributed by atoms with Crippen LogP contribution in [-0.2, 0) is 18.4 Å². The van der Waals surface area contributed by atoms with Crippen molar-refractivity contribution < 1.29 is 32.9 Å². The highest BCUT2D eigenvalue weighted by Crippen LogP contribution is 2.38. The van der Waals surface area contributed by atoms with Crippen LogP contribution in [0, 0.1) is 0 Å². The van der Waals surface area contributed by atoms with E-state index in [1.165, 1.54) is 70.6 Å². The largest absolute Gasteiger partial charge is 0.756 e. The van der Waals surface area contributed by atoms with Gasteiger partial charge in [-0.05, 0) is 70.6 Å². The van der Waals surface area contributed by atoms with Gasteiger partial charge in [0.15, 0.2) is 0 Å². The number of hydrogen-bond donors (Lipinski definition) is 2.